The number of ketones is 1. The molecule has 1 aliphatic rings. The van der Waals surface area contributed by atoms with E-state index in [4.69, 9.17) is 14.2 Å². The quantitative estimate of drug-likeness (QED) is 0.604. The molecule has 0 radical (unpaired) electrons. The Kier molecular flexibility index (Phi) is 8.32. The van der Waals surface area contributed by atoms with E-state index in [2.05, 4.69) is 11.5 Å². The van der Waals surface area contributed by atoms with Gasteiger partial charge in [0.1, 0.15) is 0 Å². The molecule has 154 valence electrons. The van der Waals surface area contributed by atoms with Gasteiger partial charge in [-0.2, -0.15) is 0 Å². The topological polar surface area (TPSA) is 68.3 Å². The van der Waals surface area contributed by atoms with E-state index in [0.29, 0.717) is 57.3 Å². The van der Waals surface area contributed by atoms with Crippen LogP contribution in [-0.2, 0) is 9.53 Å². The Morgan fingerprint density at radius 2 is 1.86 bits per heavy atom. The van der Waals surface area contributed by atoms with E-state index in [0.717, 1.165) is 5.56 Å². The van der Waals surface area contributed by atoms with Crippen LogP contribution < -0.4 is 9.47 Å². The first kappa shape index (κ1) is 21.8. The monoisotopic (exact) mass is 390 g/mol. The number of methoxy groups -OCH3 is 1. The van der Waals surface area contributed by atoms with Gasteiger partial charge in [0, 0.05) is 38.6 Å². The molecule has 0 bridgehead atoms. The summed E-state index contributed by atoms with van der Waals surface area (Å²) in [6, 6.07) is 5.63. The van der Waals surface area contributed by atoms with Crippen molar-refractivity contribution in [1.82, 2.24) is 9.80 Å². The van der Waals surface area contributed by atoms with Crippen LogP contribution in [0.2, 0.25) is 0 Å². The van der Waals surface area contributed by atoms with Crippen LogP contribution in [0, 0.1) is 0 Å². The van der Waals surface area contributed by atoms with Gasteiger partial charge in [0.25, 0.3) is 0 Å². The molecule has 1 heterocycles. The SMILES string of the molecule is C=CC(=O)C[C@@H](c1ccc(OCC)c(OC)c1)N1CCN(C(=O)OCC)CC1. The first-order valence-electron chi connectivity index (χ1n) is 9.65. The summed E-state index contributed by atoms with van der Waals surface area (Å²) in [4.78, 5) is 28.0. The van der Waals surface area contributed by atoms with Crippen molar-refractivity contribution in [3.05, 3.63) is 36.4 Å². The average molecular weight is 390 g/mol. The second-order valence-electron chi connectivity index (χ2n) is 6.46. The summed E-state index contributed by atoms with van der Waals surface area (Å²) in [6.45, 7) is 10.7. The van der Waals surface area contributed by atoms with Crippen LogP contribution in [-0.4, -0.2) is 68.2 Å². The van der Waals surface area contributed by atoms with Crippen LogP contribution in [0.1, 0.15) is 31.9 Å². The molecule has 1 fully saturated rings. The zero-order chi connectivity index (χ0) is 20.5. The van der Waals surface area contributed by atoms with Gasteiger partial charge in [-0.15, -0.1) is 0 Å². The maximum atomic E-state index is 12.1. The third-order valence-corrected chi connectivity index (χ3v) is 4.78. The Balaban J connectivity index is 2.20. The molecular weight excluding hydrogens is 360 g/mol. The fourth-order valence-electron chi connectivity index (χ4n) is 3.33. The first-order valence-corrected chi connectivity index (χ1v) is 9.65. The summed E-state index contributed by atoms with van der Waals surface area (Å²) in [7, 11) is 1.60. The average Bonchev–Trinajstić information content (AvgIpc) is 2.72. The van der Waals surface area contributed by atoms with Crippen molar-refractivity contribution in [2.45, 2.75) is 26.3 Å². The summed E-state index contributed by atoms with van der Waals surface area (Å²) in [5, 5.41) is 0. The van der Waals surface area contributed by atoms with Crippen LogP contribution in [0.5, 0.6) is 11.5 Å². The van der Waals surface area contributed by atoms with Gasteiger partial charge in [-0.3, -0.25) is 9.69 Å². The molecule has 1 saturated heterocycles. The van der Waals surface area contributed by atoms with Crippen molar-refractivity contribution in [3.63, 3.8) is 0 Å². The van der Waals surface area contributed by atoms with Crippen LogP contribution in [0.4, 0.5) is 4.79 Å². The predicted molar refractivity (Wildman–Crippen MR) is 107 cm³/mol. The lowest BCUT2D eigenvalue weighted by atomic mass is 9.98. The lowest BCUT2D eigenvalue weighted by molar-refractivity contribution is -0.116. The Hall–Kier alpha value is -2.54. The highest BCUT2D eigenvalue weighted by atomic mass is 16.6. The van der Waals surface area contributed by atoms with Gasteiger partial charge in [-0.25, -0.2) is 4.79 Å². The first-order chi connectivity index (χ1) is 13.5. The Labute approximate surface area is 166 Å². The molecule has 1 amide bonds. The molecule has 0 saturated carbocycles. The smallest absolute Gasteiger partial charge is 0.409 e. The molecule has 1 aliphatic heterocycles. The molecule has 0 spiro atoms. The number of hydrogen-bond donors (Lipinski definition) is 0. The highest BCUT2D eigenvalue weighted by molar-refractivity contribution is 5.89. The van der Waals surface area contributed by atoms with E-state index < -0.39 is 0 Å². The molecule has 0 N–H and O–H groups in total. The standard InChI is InChI=1S/C21H30N2O5/c1-5-17(24)15-18(16-8-9-19(27-6-2)20(14-16)26-4)22-10-12-23(13-11-22)21(25)28-7-3/h5,8-9,14,18H,1,6-7,10-13,15H2,2-4H3/t18-/m0/s1. The number of amides is 1. The second-order valence-corrected chi connectivity index (χ2v) is 6.46. The predicted octanol–water partition coefficient (Wildman–Crippen LogP) is 3.05. The zero-order valence-corrected chi connectivity index (χ0v) is 17.0. The lowest BCUT2D eigenvalue weighted by Crippen LogP contribution is -2.50. The summed E-state index contributed by atoms with van der Waals surface area (Å²) in [5.74, 6) is 1.29. The molecule has 7 heteroatoms. The van der Waals surface area contributed by atoms with Crippen molar-refractivity contribution >= 4 is 11.9 Å². The number of hydrogen-bond acceptors (Lipinski definition) is 6. The maximum Gasteiger partial charge on any atom is 0.409 e. The zero-order valence-electron chi connectivity index (χ0n) is 17.0. The number of carbonyl (C=O) groups excluding carboxylic acids is 2. The van der Waals surface area contributed by atoms with Crippen LogP contribution in [0.3, 0.4) is 0 Å². The number of benzene rings is 1. The van der Waals surface area contributed by atoms with E-state index >= 15 is 0 Å². The van der Waals surface area contributed by atoms with Gasteiger partial charge in [0.05, 0.1) is 20.3 Å². The number of allylic oxidation sites excluding steroid dienone is 1. The third-order valence-electron chi connectivity index (χ3n) is 4.78. The Bertz CT molecular complexity index is 683. The fraction of sp³-hybridized carbons (Fsp3) is 0.524. The van der Waals surface area contributed by atoms with Crippen LogP contribution in [0.25, 0.3) is 0 Å². The number of ether oxygens (including phenoxy) is 3. The van der Waals surface area contributed by atoms with E-state index in [-0.39, 0.29) is 17.9 Å². The van der Waals surface area contributed by atoms with Crippen LogP contribution >= 0.6 is 0 Å². The number of rotatable bonds is 9. The van der Waals surface area contributed by atoms with Gasteiger partial charge < -0.3 is 19.1 Å². The molecule has 0 aliphatic carbocycles. The third kappa shape index (κ3) is 5.48. The molecule has 1 aromatic carbocycles. The van der Waals surface area contributed by atoms with Crippen molar-refractivity contribution in [3.8, 4) is 11.5 Å². The van der Waals surface area contributed by atoms with Crippen LogP contribution in [0.15, 0.2) is 30.9 Å². The van der Waals surface area contributed by atoms with E-state index in [1.165, 1.54) is 6.08 Å². The summed E-state index contributed by atoms with van der Waals surface area (Å²) < 4.78 is 16.1. The Morgan fingerprint density at radius 1 is 1.14 bits per heavy atom. The lowest BCUT2D eigenvalue weighted by Gasteiger charge is -2.39. The van der Waals surface area contributed by atoms with E-state index in [1.807, 2.05) is 25.1 Å². The molecule has 0 aromatic heterocycles. The summed E-state index contributed by atoms with van der Waals surface area (Å²) in [5.41, 5.74) is 0.972. The highest BCUT2D eigenvalue weighted by Gasteiger charge is 2.29. The van der Waals surface area contributed by atoms with Gasteiger partial charge in [0.2, 0.25) is 0 Å². The fourth-order valence-corrected chi connectivity index (χ4v) is 3.33. The molecule has 0 unspecified atom stereocenters. The molecular formula is C21H30N2O5. The van der Waals surface area contributed by atoms with Gasteiger partial charge in [0.15, 0.2) is 17.3 Å². The van der Waals surface area contributed by atoms with Gasteiger partial charge in [-0.05, 0) is 37.6 Å². The van der Waals surface area contributed by atoms with Gasteiger partial charge >= 0.3 is 6.09 Å². The maximum absolute atomic E-state index is 12.1. The number of piperazine rings is 1. The van der Waals surface area contributed by atoms with Crippen molar-refractivity contribution < 1.29 is 23.8 Å². The normalized spacial score (nSPS) is 15.6. The van der Waals surface area contributed by atoms with Crippen molar-refractivity contribution in [2.75, 3.05) is 46.5 Å². The molecule has 1 aromatic rings. The van der Waals surface area contributed by atoms with E-state index in [1.54, 1.807) is 18.9 Å². The minimum atomic E-state index is -0.288. The highest BCUT2D eigenvalue weighted by Crippen LogP contribution is 2.34. The minimum absolute atomic E-state index is 0.0225. The Morgan fingerprint density at radius 3 is 2.43 bits per heavy atom. The number of nitrogens with zero attached hydrogens (tertiary/aromatic N) is 2. The van der Waals surface area contributed by atoms with Gasteiger partial charge in [-0.1, -0.05) is 12.6 Å². The molecule has 28 heavy (non-hydrogen) atoms. The largest absolute Gasteiger partial charge is 0.493 e. The number of carbonyl (C=O) groups is 2. The van der Waals surface area contributed by atoms with Crippen molar-refractivity contribution in [1.29, 1.82) is 0 Å². The minimum Gasteiger partial charge on any atom is -0.493 e. The summed E-state index contributed by atoms with van der Waals surface area (Å²) >= 11 is 0. The molecule has 2 rings (SSSR count). The molecule has 7 nitrogen and oxygen atoms in total. The molecule has 1 atom stereocenters. The summed E-state index contributed by atoms with van der Waals surface area (Å²) in [6.07, 6.45) is 1.39. The van der Waals surface area contributed by atoms with E-state index in [9.17, 15) is 9.59 Å². The second kappa shape index (κ2) is 10.7. The van der Waals surface area contributed by atoms with Crippen molar-refractivity contribution in [2.24, 2.45) is 0 Å².